The molecule has 170 valence electrons. The third-order valence-corrected chi connectivity index (χ3v) is 6.03. The highest BCUT2D eigenvalue weighted by Crippen LogP contribution is 2.25. The van der Waals surface area contributed by atoms with Gasteiger partial charge in [0.05, 0.1) is 23.7 Å². The van der Waals surface area contributed by atoms with Gasteiger partial charge >= 0.3 is 0 Å². The zero-order chi connectivity index (χ0) is 23.4. The van der Waals surface area contributed by atoms with Crippen molar-refractivity contribution in [3.8, 4) is 0 Å². The number of aryl methyl sites for hydroxylation is 2. The summed E-state index contributed by atoms with van der Waals surface area (Å²) in [4.78, 5) is 36.1. The molecule has 2 amide bonds. The highest BCUT2D eigenvalue weighted by Gasteiger charge is 2.21. The minimum absolute atomic E-state index is 0.0940. The average molecular weight is 495 g/mol. The number of anilines is 1. The first-order chi connectivity index (χ1) is 15.2. The number of fused-ring (bicyclic) bond motifs is 1. The van der Waals surface area contributed by atoms with E-state index in [-0.39, 0.29) is 24.8 Å². The Kier molecular flexibility index (Phi) is 7.97. The molecular formula is C21H24Cl2N6O2S. The molecule has 0 fully saturated rings. The zero-order valence-corrected chi connectivity index (χ0v) is 20.6. The van der Waals surface area contributed by atoms with Gasteiger partial charge in [0.15, 0.2) is 0 Å². The van der Waals surface area contributed by atoms with Crippen molar-refractivity contribution in [1.29, 1.82) is 0 Å². The number of thioether (sulfide) groups is 1. The summed E-state index contributed by atoms with van der Waals surface area (Å²) in [5.41, 5.74) is 2.71. The summed E-state index contributed by atoms with van der Waals surface area (Å²) in [6.45, 7) is 6.05. The van der Waals surface area contributed by atoms with Crippen LogP contribution in [0.25, 0.3) is 5.78 Å². The van der Waals surface area contributed by atoms with Crippen molar-refractivity contribution in [2.24, 2.45) is 0 Å². The number of amides is 2. The summed E-state index contributed by atoms with van der Waals surface area (Å²) in [6, 6.07) is 4.82. The SMILES string of the molecule is CCCN(CC(=O)Nc1cc(Cl)ccc1Cl)C(=O)Cc1c(C)nc2nc(SC)nn2c1C. The third kappa shape index (κ3) is 5.51. The van der Waals surface area contributed by atoms with Crippen molar-refractivity contribution in [2.75, 3.05) is 24.7 Å². The molecule has 1 aromatic carbocycles. The van der Waals surface area contributed by atoms with Crippen molar-refractivity contribution in [3.05, 3.63) is 45.2 Å². The number of hydrogen-bond acceptors (Lipinski definition) is 6. The van der Waals surface area contributed by atoms with E-state index in [4.69, 9.17) is 23.2 Å². The van der Waals surface area contributed by atoms with Crippen molar-refractivity contribution in [1.82, 2.24) is 24.5 Å². The fourth-order valence-corrected chi connectivity index (χ4v) is 3.99. The van der Waals surface area contributed by atoms with Crippen LogP contribution in [-0.2, 0) is 16.0 Å². The first-order valence-corrected chi connectivity index (χ1v) is 12.0. The Hall–Kier alpha value is -2.36. The molecule has 0 aliphatic rings. The van der Waals surface area contributed by atoms with Gasteiger partial charge in [-0.1, -0.05) is 41.9 Å². The van der Waals surface area contributed by atoms with Crippen molar-refractivity contribution < 1.29 is 9.59 Å². The predicted molar refractivity (Wildman–Crippen MR) is 128 cm³/mol. The van der Waals surface area contributed by atoms with Crippen molar-refractivity contribution in [3.63, 3.8) is 0 Å². The number of hydrogen-bond donors (Lipinski definition) is 1. The Morgan fingerprint density at radius 3 is 2.66 bits per heavy atom. The Bertz CT molecular complexity index is 1170. The molecule has 3 aromatic rings. The molecule has 0 unspecified atom stereocenters. The number of nitrogens with one attached hydrogen (secondary N) is 1. The first-order valence-electron chi connectivity index (χ1n) is 10.0. The molecule has 0 aliphatic carbocycles. The lowest BCUT2D eigenvalue weighted by Crippen LogP contribution is -2.39. The lowest BCUT2D eigenvalue weighted by Gasteiger charge is -2.22. The predicted octanol–water partition coefficient (Wildman–Crippen LogP) is 4.19. The average Bonchev–Trinajstić information content (AvgIpc) is 3.16. The maximum Gasteiger partial charge on any atom is 0.253 e. The van der Waals surface area contributed by atoms with Gasteiger partial charge in [-0.15, -0.1) is 5.10 Å². The molecule has 0 aliphatic heterocycles. The molecular weight excluding hydrogens is 471 g/mol. The maximum absolute atomic E-state index is 13.1. The molecule has 0 saturated heterocycles. The summed E-state index contributed by atoms with van der Waals surface area (Å²) >= 11 is 13.5. The third-order valence-electron chi connectivity index (χ3n) is 4.92. The lowest BCUT2D eigenvalue weighted by atomic mass is 10.1. The summed E-state index contributed by atoms with van der Waals surface area (Å²) in [7, 11) is 0. The van der Waals surface area contributed by atoms with Gasteiger partial charge in [0.2, 0.25) is 17.0 Å². The Balaban J connectivity index is 1.77. The maximum atomic E-state index is 13.1. The molecule has 0 bridgehead atoms. The quantitative estimate of drug-likeness (QED) is 0.472. The van der Waals surface area contributed by atoms with Gasteiger partial charge in [-0.3, -0.25) is 9.59 Å². The number of aromatic nitrogens is 4. The summed E-state index contributed by atoms with van der Waals surface area (Å²) < 4.78 is 1.65. The molecule has 8 nitrogen and oxygen atoms in total. The zero-order valence-electron chi connectivity index (χ0n) is 18.3. The van der Waals surface area contributed by atoms with E-state index in [2.05, 4.69) is 20.4 Å². The molecule has 0 saturated carbocycles. The smallest absolute Gasteiger partial charge is 0.253 e. The van der Waals surface area contributed by atoms with E-state index < -0.39 is 0 Å². The fraction of sp³-hybridized carbons (Fsp3) is 0.381. The van der Waals surface area contributed by atoms with Crippen LogP contribution >= 0.6 is 35.0 Å². The number of benzene rings is 1. The minimum Gasteiger partial charge on any atom is -0.333 e. The Morgan fingerprint density at radius 2 is 1.97 bits per heavy atom. The summed E-state index contributed by atoms with van der Waals surface area (Å²) in [5, 5.41) is 8.60. The molecule has 3 rings (SSSR count). The normalized spacial score (nSPS) is 11.1. The molecule has 0 spiro atoms. The van der Waals surface area contributed by atoms with Gasteiger partial charge < -0.3 is 10.2 Å². The molecule has 1 N–H and O–H groups in total. The first kappa shape index (κ1) is 24.3. The standard InChI is InChI=1S/C21H24Cl2N6O2S/c1-5-8-28(11-18(30)25-17-9-14(22)6-7-16(17)23)19(31)10-15-12(2)24-20-26-21(32-4)27-29(20)13(15)3/h6-7,9H,5,8,10-11H2,1-4H3,(H,25,30). The molecule has 32 heavy (non-hydrogen) atoms. The number of rotatable bonds is 8. The van der Waals surface area contributed by atoms with Crippen LogP contribution < -0.4 is 5.32 Å². The lowest BCUT2D eigenvalue weighted by molar-refractivity contribution is -0.134. The van der Waals surface area contributed by atoms with E-state index in [9.17, 15) is 9.59 Å². The summed E-state index contributed by atoms with van der Waals surface area (Å²) in [5.74, 6) is -0.0145. The van der Waals surface area contributed by atoms with Gasteiger partial charge in [0.1, 0.15) is 0 Å². The Labute approximate surface area is 200 Å². The number of nitrogens with zero attached hydrogens (tertiary/aromatic N) is 5. The molecule has 2 heterocycles. The van der Waals surface area contributed by atoms with Crippen LogP contribution in [0.2, 0.25) is 10.0 Å². The van der Waals surface area contributed by atoms with Gasteiger partial charge in [-0.05, 0) is 44.7 Å². The second-order valence-electron chi connectivity index (χ2n) is 7.24. The molecule has 11 heteroatoms. The van der Waals surface area contributed by atoms with Gasteiger partial charge in [0, 0.05) is 28.5 Å². The van der Waals surface area contributed by atoms with Gasteiger partial charge in [-0.2, -0.15) is 4.98 Å². The number of carbonyl (C=O) groups excluding carboxylic acids is 2. The van der Waals surface area contributed by atoms with Crippen LogP contribution in [0.3, 0.4) is 0 Å². The number of halogens is 2. The number of carbonyl (C=O) groups is 2. The van der Waals surface area contributed by atoms with E-state index in [1.54, 1.807) is 22.7 Å². The molecule has 0 atom stereocenters. The highest BCUT2D eigenvalue weighted by molar-refractivity contribution is 7.98. The van der Waals surface area contributed by atoms with E-state index in [1.807, 2.05) is 27.0 Å². The topological polar surface area (TPSA) is 92.5 Å². The van der Waals surface area contributed by atoms with Gasteiger partial charge in [-0.25, -0.2) is 9.50 Å². The van der Waals surface area contributed by atoms with Gasteiger partial charge in [0.25, 0.3) is 5.78 Å². The van der Waals surface area contributed by atoms with Crippen LogP contribution in [0.5, 0.6) is 0 Å². The molecule has 0 radical (unpaired) electrons. The minimum atomic E-state index is -0.348. The van der Waals surface area contributed by atoms with E-state index in [0.717, 1.165) is 17.0 Å². The van der Waals surface area contributed by atoms with Crippen LogP contribution in [0.4, 0.5) is 5.69 Å². The largest absolute Gasteiger partial charge is 0.333 e. The fourth-order valence-electron chi connectivity index (χ4n) is 3.31. The second kappa shape index (κ2) is 10.5. The van der Waals surface area contributed by atoms with Crippen LogP contribution in [0.15, 0.2) is 23.4 Å². The van der Waals surface area contributed by atoms with Crippen molar-refractivity contribution in [2.45, 2.75) is 38.8 Å². The highest BCUT2D eigenvalue weighted by atomic mass is 35.5. The van der Waals surface area contributed by atoms with E-state index >= 15 is 0 Å². The van der Waals surface area contributed by atoms with Crippen LogP contribution in [0.1, 0.15) is 30.3 Å². The second-order valence-corrected chi connectivity index (χ2v) is 8.85. The van der Waals surface area contributed by atoms with Crippen molar-refractivity contribution >= 4 is 58.2 Å². The van der Waals surface area contributed by atoms with E-state index in [1.165, 1.54) is 16.7 Å². The van der Waals surface area contributed by atoms with Crippen LogP contribution in [0, 0.1) is 13.8 Å². The Morgan fingerprint density at radius 1 is 1.22 bits per heavy atom. The monoisotopic (exact) mass is 494 g/mol. The van der Waals surface area contributed by atoms with Crippen LogP contribution in [-0.4, -0.2) is 55.6 Å². The molecule has 2 aromatic heterocycles. The van der Waals surface area contributed by atoms with E-state index in [0.29, 0.717) is 39.6 Å². The summed E-state index contributed by atoms with van der Waals surface area (Å²) in [6.07, 6.45) is 2.72.